The fourth-order valence-electron chi connectivity index (χ4n) is 5.57. The summed E-state index contributed by atoms with van der Waals surface area (Å²) in [5.74, 6) is 0.221. The Kier molecular flexibility index (Phi) is 13.0. The smallest absolute Gasteiger partial charge is 0.253 e. The summed E-state index contributed by atoms with van der Waals surface area (Å²) < 4.78 is 1.02. The molecule has 2 aromatic carbocycles. The fraction of sp³-hybridized carbons (Fsp3) is 0.562. The van der Waals surface area contributed by atoms with E-state index in [0.717, 1.165) is 47.7 Å². The van der Waals surface area contributed by atoms with Gasteiger partial charge in [0.25, 0.3) is 11.8 Å². The zero-order valence-corrected chi connectivity index (χ0v) is 25.4. The summed E-state index contributed by atoms with van der Waals surface area (Å²) >= 11 is 3.50. The van der Waals surface area contributed by atoms with Gasteiger partial charge in [-0.05, 0) is 73.6 Å². The number of aliphatic hydroxyl groups is 1. The molecule has 7 heteroatoms. The van der Waals surface area contributed by atoms with Crippen molar-refractivity contribution in [3.63, 3.8) is 0 Å². The van der Waals surface area contributed by atoms with E-state index in [1.54, 1.807) is 6.07 Å². The number of nitrogens with one attached hydrogen (secondary N) is 2. The highest BCUT2D eigenvalue weighted by molar-refractivity contribution is 9.10. The lowest BCUT2D eigenvalue weighted by Gasteiger charge is -2.30. The van der Waals surface area contributed by atoms with Crippen LogP contribution < -0.4 is 10.6 Å². The van der Waals surface area contributed by atoms with Crippen LogP contribution in [0.1, 0.15) is 97.1 Å². The van der Waals surface area contributed by atoms with Crippen LogP contribution in [0, 0.1) is 12.8 Å². The lowest BCUT2D eigenvalue weighted by atomic mass is 9.83. The van der Waals surface area contributed by atoms with E-state index in [4.69, 9.17) is 0 Å². The molecule has 1 aliphatic rings. The molecule has 0 aliphatic heterocycles. The second-order valence-corrected chi connectivity index (χ2v) is 11.9. The molecule has 0 radical (unpaired) electrons. The number of halogens is 1. The Morgan fingerprint density at radius 2 is 1.72 bits per heavy atom. The van der Waals surface area contributed by atoms with Crippen LogP contribution in [0.4, 0.5) is 0 Å². The van der Waals surface area contributed by atoms with Crippen LogP contribution in [0.25, 0.3) is 0 Å². The topological polar surface area (TPSA) is 81.7 Å². The lowest BCUT2D eigenvalue weighted by molar-refractivity contribution is 0.0755. The molecule has 0 unspecified atom stereocenters. The van der Waals surface area contributed by atoms with Gasteiger partial charge in [-0.1, -0.05) is 74.0 Å². The summed E-state index contributed by atoms with van der Waals surface area (Å²) in [5, 5.41) is 17.7. The van der Waals surface area contributed by atoms with Gasteiger partial charge in [0, 0.05) is 41.8 Å². The Morgan fingerprint density at radius 3 is 2.38 bits per heavy atom. The molecule has 1 saturated carbocycles. The Labute approximate surface area is 243 Å². The third-order valence-electron chi connectivity index (χ3n) is 7.53. The van der Waals surface area contributed by atoms with E-state index in [-0.39, 0.29) is 17.9 Å². The summed E-state index contributed by atoms with van der Waals surface area (Å²) in [6, 6.07) is 13.1. The van der Waals surface area contributed by atoms with Gasteiger partial charge in [-0.15, -0.1) is 0 Å². The third kappa shape index (κ3) is 10.0. The third-order valence-corrected chi connectivity index (χ3v) is 8.02. The summed E-state index contributed by atoms with van der Waals surface area (Å²) in [7, 11) is 0. The molecule has 6 nitrogen and oxygen atoms in total. The lowest BCUT2D eigenvalue weighted by Crippen LogP contribution is -2.48. The zero-order valence-electron chi connectivity index (χ0n) is 23.8. The monoisotopic (exact) mass is 599 g/mol. The molecule has 214 valence electrons. The number of hydrogen-bond donors (Lipinski definition) is 3. The number of benzene rings is 2. The number of carbonyl (C=O) groups excluding carboxylic acids is 2. The van der Waals surface area contributed by atoms with Crippen LogP contribution in [0.15, 0.2) is 46.9 Å². The Hall–Kier alpha value is -2.22. The van der Waals surface area contributed by atoms with E-state index in [2.05, 4.69) is 46.5 Å². The maximum atomic E-state index is 13.5. The number of rotatable bonds is 14. The second-order valence-electron chi connectivity index (χ2n) is 11.0. The van der Waals surface area contributed by atoms with Crippen molar-refractivity contribution >= 4 is 27.7 Å². The first-order valence-electron chi connectivity index (χ1n) is 14.7. The zero-order chi connectivity index (χ0) is 28.2. The minimum Gasteiger partial charge on any atom is -0.390 e. The van der Waals surface area contributed by atoms with Gasteiger partial charge in [0.2, 0.25) is 0 Å². The molecular formula is C32H46BrN3O3. The van der Waals surface area contributed by atoms with Crippen LogP contribution in [0.2, 0.25) is 0 Å². The molecule has 2 atom stereocenters. The Morgan fingerprint density at radius 1 is 1.03 bits per heavy atom. The number of aliphatic hydroxyl groups excluding tert-OH is 1. The number of carbonyl (C=O) groups is 2. The quantitative estimate of drug-likeness (QED) is 0.240. The number of hydrogen-bond acceptors (Lipinski definition) is 4. The van der Waals surface area contributed by atoms with Crippen molar-refractivity contribution < 1.29 is 14.7 Å². The first-order chi connectivity index (χ1) is 18.8. The van der Waals surface area contributed by atoms with Gasteiger partial charge in [-0.2, -0.15) is 0 Å². The SMILES string of the molecule is CCCN(CCC)C(=O)c1cc(C)cc(C(=O)N[C@@H](CC2CCCCC2)[C@H](O)CNCc2cccc(Br)c2)c1. The molecule has 2 amide bonds. The summed E-state index contributed by atoms with van der Waals surface area (Å²) in [6.07, 6.45) is 7.76. The van der Waals surface area contributed by atoms with Crippen molar-refractivity contribution in [2.75, 3.05) is 19.6 Å². The number of nitrogens with zero attached hydrogens (tertiary/aromatic N) is 1. The van der Waals surface area contributed by atoms with Gasteiger partial charge in [0.15, 0.2) is 0 Å². The van der Waals surface area contributed by atoms with Gasteiger partial charge >= 0.3 is 0 Å². The van der Waals surface area contributed by atoms with Crippen LogP contribution in [0.5, 0.6) is 0 Å². The second kappa shape index (κ2) is 16.1. The average Bonchev–Trinajstić information content (AvgIpc) is 2.92. The van der Waals surface area contributed by atoms with Crippen LogP contribution in [-0.4, -0.2) is 53.6 Å². The van der Waals surface area contributed by atoms with E-state index in [1.807, 2.05) is 42.2 Å². The molecule has 0 aromatic heterocycles. The minimum atomic E-state index is -0.724. The molecule has 1 fully saturated rings. The first kappa shape index (κ1) is 31.3. The van der Waals surface area contributed by atoms with E-state index in [1.165, 1.54) is 19.3 Å². The molecule has 3 rings (SSSR count). The van der Waals surface area contributed by atoms with Crippen molar-refractivity contribution in [1.29, 1.82) is 0 Å². The maximum absolute atomic E-state index is 13.5. The predicted octanol–water partition coefficient (Wildman–Crippen LogP) is 6.24. The highest BCUT2D eigenvalue weighted by Crippen LogP contribution is 2.28. The minimum absolute atomic E-state index is 0.0352. The molecule has 0 spiro atoms. The Bertz CT molecular complexity index is 1060. The molecule has 39 heavy (non-hydrogen) atoms. The normalized spacial score (nSPS) is 15.5. The standard InChI is InChI=1S/C32H46BrN3O3/c1-4-14-36(15-5-2)32(39)27-17-23(3)16-26(20-27)31(38)35-29(19-24-10-7-6-8-11-24)30(37)22-34-21-25-12-9-13-28(33)18-25/h9,12-13,16-18,20,24,29-30,34,37H,4-8,10-11,14-15,19,21-22H2,1-3H3,(H,35,38)/t29-,30+/m0/s1. The van der Waals surface area contributed by atoms with Crippen LogP contribution >= 0.6 is 15.9 Å². The predicted molar refractivity (Wildman–Crippen MR) is 162 cm³/mol. The largest absolute Gasteiger partial charge is 0.390 e. The first-order valence-corrected chi connectivity index (χ1v) is 15.4. The molecular weight excluding hydrogens is 554 g/mol. The van der Waals surface area contributed by atoms with Crippen LogP contribution in [0.3, 0.4) is 0 Å². The maximum Gasteiger partial charge on any atom is 0.253 e. The highest BCUT2D eigenvalue weighted by Gasteiger charge is 2.27. The summed E-state index contributed by atoms with van der Waals surface area (Å²) in [4.78, 5) is 28.6. The summed E-state index contributed by atoms with van der Waals surface area (Å²) in [6.45, 7) is 8.46. The van der Waals surface area contributed by atoms with Crippen molar-refractivity contribution in [2.24, 2.45) is 5.92 Å². The van der Waals surface area contributed by atoms with Gasteiger partial charge in [0.05, 0.1) is 12.1 Å². The fourth-order valence-corrected chi connectivity index (χ4v) is 6.02. The number of aryl methyl sites for hydroxylation is 1. The number of amides is 2. The van der Waals surface area contributed by atoms with E-state index in [9.17, 15) is 14.7 Å². The van der Waals surface area contributed by atoms with Crippen molar-refractivity contribution in [3.8, 4) is 0 Å². The molecule has 0 bridgehead atoms. The van der Waals surface area contributed by atoms with E-state index < -0.39 is 6.10 Å². The van der Waals surface area contributed by atoms with Crippen LogP contribution in [-0.2, 0) is 6.54 Å². The van der Waals surface area contributed by atoms with Gasteiger partial charge in [0.1, 0.15) is 0 Å². The highest BCUT2D eigenvalue weighted by atomic mass is 79.9. The van der Waals surface area contributed by atoms with Gasteiger partial charge in [-0.25, -0.2) is 0 Å². The average molecular weight is 601 g/mol. The Balaban J connectivity index is 1.72. The molecule has 0 saturated heterocycles. The van der Waals surface area contributed by atoms with Gasteiger partial charge < -0.3 is 20.6 Å². The van der Waals surface area contributed by atoms with Gasteiger partial charge in [-0.3, -0.25) is 9.59 Å². The van der Waals surface area contributed by atoms with E-state index in [0.29, 0.717) is 43.2 Å². The van der Waals surface area contributed by atoms with Crippen molar-refractivity contribution in [1.82, 2.24) is 15.5 Å². The molecule has 1 aliphatic carbocycles. The molecule has 2 aromatic rings. The molecule has 3 N–H and O–H groups in total. The molecule has 0 heterocycles. The van der Waals surface area contributed by atoms with Crippen molar-refractivity contribution in [3.05, 3.63) is 69.2 Å². The summed E-state index contributed by atoms with van der Waals surface area (Å²) in [5.41, 5.74) is 3.01. The van der Waals surface area contributed by atoms with Crippen molar-refractivity contribution in [2.45, 2.75) is 90.8 Å². The van der Waals surface area contributed by atoms with E-state index >= 15 is 0 Å².